The molecule has 3 aromatic rings. The molecule has 1 aromatic heterocycles. The Morgan fingerprint density at radius 3 is 2.71 bits per heavy atom. The summed E-state index contributed by atoms with van der Waals surface area (Å²) in [5.74, 6) is -1.09. The van der Waals surface area contributed by atoms with Gasteiger partial charge in [-0.25, -0.2) is 13.8 Å². The first kappa shape index (κ1) is 16.7. The van der Waals surface area contributed by atoms with Gasteiger partial charge in [0.2, 0.25) is 0 Å². The fraction of sp³-hybridized carbons (Fsp3) is 0.0588. The SMILES string of the molecule is O=C(Nc1ncc(Cc2cccc(F)c2)s1)c1ccc(F)cc1Br. The number of halogens is 3. The summed E-state index contributed by atoms with van der Waals surface area (Å²) >= 11 is 4.47. The molecule has 0 radical (unpaired) electrons. The topological polar surface area (TPSA) is 42.0 Å². The van der Waals surface area contributed by atoms with E-state index in [9.17, 15) is 13.6 Å². The van der Waals surface area contributed by atoms with E-state index in [4.69, 9.17) is 0 Å². The van der Waals surface area contributed by atoms with Crippen molar-refractivity contribution in [1.29, 1.82) is 0 Å². The lowest BCUT2D eigenvalue weighted by Crippen LogP contribution is -2.12. The van der Waals surface area contributed by atoms with Gasteiger partial charge in [-0.05, 0) is 51.8 Å². The zero-order valence-corrected chi connectivity index (χ0v) is 14.6. The molecule has 0 saturated heterocycles. The molecule has 0 saturated carbocycles. The number of anilines is 1. The van der Waals surface area contributed by atoms with Gasteiger partial charge in [0, 0.05) is 22.0 Å². The van der Waals surface area contributed by atoms with E-state index >= 15 is 0 Å². The molecular formula is C17H11BrF2N2OS. The van der Waals surface area contributed by atoms with Crippen LogP contribution in [0.4, 0.5) is 13.9 Å². The Kier molecular flexibility index (Phi) is 5.01. The number of nitrogens with one attached hydrogen (secondary N) is 1. The first-order chi connectivity index (χ1) is 11.5. The maximum Gasteiger partial charge on any atom is 0.258 e. The quantitative estimate of drug-likeness (QED) is 0.657. The molecule has 7 heteroatoms. The molecule has 1 amide bonds. The molecular weight excluding hydrogens is 398 g/mol. The van der Waals surface area contributed by atoms with Crippen molar-refractivity contribution in [2.75, 3.05) is 5.32 Å². The molecule has 0 fully saturated rings. The Morgan fingerprint density at radius 2 is 1.96 bits per heavy atom. The lowest BCUT2D eigenvalue weighted by Gasteiger charge is -2.04. The summed E-state index contributed by atoms with van der Waals surface area (Å²) in [6, 6.07) is 10.2. The van der Waals surface area contributed by atoms with Crippen LogP contribution in [0.25, 0.3) is 0 Å². The fourth-order valence-electron chi connectivity index (χ4n) is 2.13. The maximum atomic E-state index is 13.2. The standard InChI is InChI=1S/C17H11BrF2N2OS/c18-15-8-12(20)4-5-14(15)16(23)22-17-21-9-13(24-17)7-10-2-1-3-11(19)6-10/h1-6,8-9H,7H2,(H,21,22,23). The van der Waals surface area contributed by atoms with Crippen molar-refractivity contribution in [3.63, 3.8) is 0 Å². The van der Waals surface area contributed by atoms with E-state index in [2.05, 4.69) is 26.2 Å². The largest absolute Gasteiger partial charge is 0.298 e. The number of rotatable bonds is 4. The van der Waals surface area contributed by atoms with Crippen molar-refractivity contribution in [2.45, 2.75) is 6.42 Å². The van der Waals surface area contributed by atoms with E-state index in [1.165, 1.54) is 41.7 Å². The number of nitrogens with zero attached hydrogens (tertiary/aromatic N) is 1. The number of amides is 1. The molecule has 0 aliphatic heterocycles. The smallest absolute Gasteiger partial charge is 0.258 e. The second-order valence-electron chi connectivity index (χ2n) is 5.02. The number of aromatic nitrogens is 1. The third-order valence-electron chi connectivity index (χ3n) is 3.22. The van der Waals surface area contributed by atoms with E-state index in [1.54, 1.807) is 12.3 Å². The Bertz CT molecular complexity index is 898. The van der Waals surface area contributed by atoms with Gasteiger partial charge in [0.1, 0.15) is 11.6 Å². The Balaban J connectivity index is 1.70. The van der Waals surface area contributed by atoms with Crippen LogP contribution in [0, 0.1) is 11.6 Å². The van der Waals surface area contributed by atoms with Crippen molar-refractivity contribution in [3.05, 3.63) is 80.8 Å². The van der Waals surface area contributed by atoms with Gasteiger partial charge in [0.25, 0.3) is 5.91 Å². The average Bonchev–Trinajstić information content (AvgIpc) is 2.94. The van der Waals surface area contributed by atoms with Crippen LogP contribution in [0.1, 0.15) is 20.8 Å². The van der Waals surface area contributed by atoms with Gasteiger partial charge < -0.3 is 0 Å². The third-order valence-corrected chi connectivity index (χ3v) is 4.79. The minimum Gasteiger partial charge on any atom is -0.298 e. The van der Waals surface area contributed by atoms with Crippen LogP contribution in [0.3, 0.4) is 0 Å². The van der Waals surface area contributed by atoms with Crippen molar-refractivity contribution in [3.8, 4) is 0 Å². The molecule has 1 N–H and O–H groups in total. The zero-order chi connectivity index (χ0) is 17.1. The van der Waals surface area contributed by atoms with Crippen molar-refractivity contribution in [1.82, 2.24) is 4.98 Å². The molecule has 0 bridgehead atoms. The number of carbonyl (C=O) groups excluding carboxylic acids is 1. The molecule has 1 heterocycles. The van der Waals surface area contributed by atoms with Gasteiger partial charge >= 0.3 is 0 Å². The van der Waals surface area contributed by atoms with Crippen LogP contribution >= 0.6 is 27.3 Å². The van der Waals surface area contributed by atoms with Crippen molar-refractivity contribution >= 4 is 38.3 Å². The Morgan fingerprint density at radius 1 is 1.17 bits per heavy atom. The summed E-state index contributed by atoms with van der Waals surface area (Å²) < 4.78 is 26.7. The van der Waals surface area contributed by atoms with Gasteiger partial charge in [-0.2, -0.15) is 0 Å². The van der Waals surface area contributed by atoms with Crippen LogP contribution in [-0.2, 0) is 6.42 Å². The summed E-state index contributed by atoms with van der Waals surface area (Å²) in [6.07, 6.45) is 2.18. The summed E-state index contributed by atoms with van der Waals surface area (Å²) in [7, 11) is 0. The minimum atomic E-state index is -0.426. The average molecular weight is 409 g/mol. The van der Waals surface area contributed by atoms with Gasteiger partial charge in [0.05, 0.1) is 5.56 Å². The van der Waals surface area contributed by atoms with Gasteiger partial charge in [0.15, 0.2) is 5.13 Å². The highest BCUT2D eigenvalue weighted by Crippen LogP contribution is 2.24. The molecule has 2 aromatic carbocycles. The lowest BCUT2D eigenvalue weighted by atomic mass is 10.1. The van der Waals surface area contributed by atoms with Crippen LogP contribution in [-0.4, -0.2) is 10.9 Å². The van der Waals surface area contributed by atoms with E-state index in [0.29, 0.717) is 21.6 Å². The Labute approximate surface area is 149 Å². The van der Waals surface area contributed by atoms with Gasteiger partial charge in [-0.1, -0.05) is 12.1 Å². The highest BCUT2D eigenvalue weighted by molar-refractivity contribution is 9.10. The predicted molar refractivity (Wildman–Crippen MR) is 93.4 cm³/mol. The summed E-state index contributed by atoms with van der Waals surface area (Å²) in [5.41, 5.74) is 1.15. The molecule has 0 spiro atoms. The first-order valence-electron chi connectivity index (χ1n) is 6.97. The molecule has 122 valence electrons. The number of thiazole rings is 1. The Hall–Kier alpha value is -2.12. The van der Waals surface area contributed by atoms with Crippen LogP contribution in [0.5, 0.6) is 0 Å². The van der Waals surface area contributed by atoms with E-state index in [-0.39, 0.29) is 11.7 Å². The van der Waals surface area contributed by atoms with Crippen LogP contribution in [0.15, 0.2) is 53.1 Å². The normalized spacial score (nSPS) is 10.6. The number of hydrogen-bond acceptors (Lipinski definition) is 3. The zero-order valence-electron chi connectivity index (χ0n) is 12.2. The monoisotopic (exact) mass is 408 g/mol. The van der Waals surface area contributed by atoms with Crippen LogP contribution in [0.2, 0.25) is 0 Å². The molecule has 0 aliphatic carbocycles. The molecule has 0 unspecified atom stereocenters. The maximum absolute atomic E-state index is 13.2. The lowest BCUT2D eigenvalue weighted by molar-refractivity contribution is 0.102. The third kappa shape index (κ3) is 4.04. The second kappa shape index (κ2) is 7.19. The number of benzene rings is 2. The summed E-state index contributed by atoms with van der Waals surface area (Å²) in [4.78, 5) is 17.3. The van der Waals surface area contributed by atoms with Crippen LogP contribution < -0.4 is 5.32 Å². The van der Waals surface area contributed by atoms with E-state index in [1.807, 2.05) is 6.07 Å². The predicted octanol–water partition coefficient (Wildman–Crippen LogP) is 5.03. The number of hydrogen-bond donors (Lipinski definition) is 1. The first-order valence-corrected chi connectivity index (χ1v) is 8.58. The second-order valence-corrected chi connectivity index (χ2v) is 6.99. The molecule has 0 aliphatic rings. The fourth-order valence-corrected chi connectivity index (χ4v) is 3.51. The van der Waals surface area contributed by atoms with Crippen molar-refractivity contribution < 1.29 is 13.6 Å². The summed E-state index contributed by atoms with van der Waals surface area (Å²) in [6.45, 7) is 0. The molecule has 0 atom stereocenters. The minimum absolute atomic E-state index is 0.285. The molecule has 3 rings (SSSR count). The molecule has 3 nitrogen and oxygen atoms in total. The van der Waals surface area contributed by atoms with Gasteiger partial charge in [-0.15, -0.1) is 11.3 Å². The summed E-state index contributed by atoms with van der Waals surface area (Å²) in [5, 5.41) is 3.11. The highest BCUT2D eigenvalue weighted by Gasteiger charge is 2.13. The van der Waals surface area contributed by atoms with Crippen molar-refractivity contribution in [2.24, 2.45) is 0 Å². The highest BCUT2D eigenvalue weighted by atomic mass is 79.9. The van der Waals surface area contributed by atoms with E-state index < -0.39 is 5.82 Å². The van der Waals surface area contributed by atoms with E-state index in [0.717, 1.165) is 10.4 Å². The number of carbonyl (C=O) groups is 1. The van der Waals surface area contributed by atoms with Gasteiger partial charge in [-0.3, -0.25) is 10.1 Å². The molecule has 24 heavy (non-hydrogen) atoms.